The highest BCUT2D eigenvalue weighted by atomic mass is 35.5. The van der Waals surface area contributed by atoms with Crippen molar-refractivity contribution >= 4 is 92.5 Å². The second-order valence-corrected chi connectivity index (χ2v) is 7.12. The molecule has 2 rings (SSSR count). The molecular formula is C10HCl7S. The zero-order chi connectivity index (χ0) is 13.6. The molecule has 0 fully saturated rings. The van der Waals surface area contributed by atoms with Crippen LogP contribution in [-0.4, -0.2) is 0 Å². The van der Waals surface area contributed by atoms with Crippen molar-refractivity contribution in [1.82, 2.24) is 0 Å². The van der Waals surface area contributed by atoms with Crippen LogP contribution in [0.5, 0.6) is 0 Å². The van der Waals surface area contributed by atoms with Crippen LogP contribution < -0.4 is 0 Å². The molecule has 0 nitrogen and oxygen atoms in total. The maximum atomic E-state index is 6.13. The van der Waals surface area contributed by atoms with Gasteiger partial charge >= 0.3 is 0 Å². The van der Waals surface area contributed by atoms with E-state index in [1.807, 2.05) is 0 Å². The molecule has 96 valence electrons. The first-order valence-corrected chi connectivity index (χ1v) is 7.77. The van der Waals surface area contributed by atoms with E-state index >= 15 is 0 Å². The Bertz CT molecular complexity index is 606. The van der Waals surface area contributed by atoms with Gasteiger partial charge in [-0.3, -0.25) is 0 Å². The number of rotatable bonds is 1. The molecule has 0 amide bonds. The van der Waals surface area contributed by atoms with Crippen LogP contribution in [0.15, 0.2) is 6.07 Å². The van der Waals surface area contributed by atoms with Gasteiger partial charge in [-0.1, -0.05) is 81.2 Å². The fraction of sp³-hybridized carbons (Fsp3) is 0. The number of benzene rings is 1. The maximum absolute atomic E-state index is 6.13. The van der Waals surface area contributed by atoms with E-state index in [1.165, 1.54) is 6.07 Å². The summed E-state index contributed by atoms with van der Waals surface area (Å²) < 4.78 is 0.347. The fourth-order valence-corrected chi connectivity index (χ4v) is 4.28. The van der Waals surface area contributed by atoms with Crippen LogP contribution in [0, 0.1) is 0 Å². The molecule has 0 saturated heterocycles. The first-order valence-electron chi connectivity index (χ1n) is 4.31. The summed E-state index contributed by atoms with van der Waals surface area (Å²) in [4.78, 5) is 0.533. The molecule has 2 aromatic rings. The molecule has 0 saturated carbocycles. The molecule has 0 bridgehead atoms. The fourth-order valence-electron chi connectivity index (χ4n) is 1.30. The van der Waals surface area contributed by atoms with Gasteiger partial charge in [0.05, 0.1) is 35.0 Å². The Morgan fingerprint density at radius 2 is 1.17 bits per heavy atom. The maximum Gasteiger partial charge on any atom is 0.114 e. The summed E-state index contributed by atoms with van der Waals surface area (Å²) in [6, 6.07) is 1.46. The number of hydrogen-bond acceptors (Lipinski definition) is 1. The predicted octanol–water partition coefficient (Wildman–Crippen LogP) is 7.99. The van der Waals surface area contributed by atoms with E-state index < -0.39 is 0 Å². The molecule has 0 N–H and O–H groups in total. The predicted molar refractivity (Wildman–Crippen MR) is 84.8 cm³/mol. The van der Waals surface area contributed by atoms with Gasteiger partial charge in [0.25, 0.3) is 0 Å². The summed E-state index contributed by atoms with van der Waals surface area (Å²) in [5.74, 6) is 0. The van der Waals surface area contributed by atoms with E-state index in [2.05, 4.69) is 0 Å². The Balaban J connectivity index is 2.82. The molecule has 0 atom stereocenters. The van der Waals surface area contributed by atoms with Crippen LogP contribution in [-0.2, 0) is 0 Å². The van der Waals surface area contributed by atoms with Gasteiger partial charge in [-0.05, 0) is 6.07 Å². The molecule has 1 heterocycles. The standard InChI is InChI=1S/C10HCl7S/c11-2-1-3(12)6(14)4(5(2)13)9-7(15)8(16)10(17)18-9/h1H. The van der Waals surface area contributed by atoms with Crippen molar-refractivity contribution in [2.24, 2.45) is 0 Å². The molecule has 8 heteroatoms. The molecule has 0 unspecified atom stereocenters. The number of halogens is 7. The summed E-state index contributed by atoms with van der Waals surface area (Å²) in [5.41, 5.74) is 0.430. The summed E-state index contributed by atoms with van der Waals surface area (Å²) >= 11 is 43.3. The molecule has 0 spiro atoms. The third-order valence-corrected chi connectivity index (χ3v) is 6.26. The normalized spacial score (nSPS) is 11.1. The lowest BCUT2D eigenvalue weighted by atomic mass is 10.2. The van der Waals surface area contributed by atoms with Crippen LogP contribution in [0.4, 0.5) is 0 Å². The average Bonchev–Trinajstić information content (AvgIpc) is 2.55. The van der Waals surface area contributed by atoms with Gasteiger partial charge in [-0.15, -0.1) is 11.3 Å². The second kappa shape index (κ2) is 5.75. The average molecular weight is 401 g/mol. The highest BCUT2D eigenvalue weighted by Crippen LogP contribution is 2.52. The minimum Gasteiger partial charge on any atom is -0.120 e. The van der Waals surface area contributed by atoms with E-state index in [0.29, 0.717) is 14.8 Å². The molecule has 0 aliphatic heterocycles. The molecule has 1 aromatic carbocycles. The largest absolute Gasteiger partial charge is 0.120 e. The van der Waals surface area contributed by atoms with Gasteiger partial charge < -0.3 is 0 Å². The van der Waals surface area contributed by atoms with Gasteiger partial charge in [0.2, 0.25) is 0 Å². The van der Waals surface area contributed by atoms with Crippen LogP contribution in [0.25, 0.3) is 10.4 Å². The summed E-state index contributed by atoms with van der Waals surface area (Å²) in [7, 11) is 0. The van der Waals surface area contributed by atoms with Crippen molar-refractivity contribution < 1.29 is 0 Å². The van der Waals surface area contributed by atoms with E-state index in [-0.39, 0.29) is 30.1 Å². The van der Waals surface area contributed by atoms with Crippen molar-refractivity contribution in [2.45, 2.75) is 0 Å². The summed E-state index contributed by atoms with van der Waals surface area (Å²) in [6.45, 7) is 0. The SMILES string of the molecule is Clc1cc(Cl)c(Cl)c(-c2sc(Cl)c(Cl)c2Cl)c1Cl. The van der Waals surface area contributed by atoms with E-state index in [1.54, 1.807) is 0 Å². The van der Waals surface area contributed by atoms with E-state index in [4.69, 9.17) is 81.2 Å². The minimum absolute atomic E-state index is 0.251. The third kappa shape index (κ3) is 2.57. The Hall–Kier alpha value is 0.950. The smallest absolute Gasteiger partial charge is 0.114 e. The Kier molecular flexibility index (Phi) is 4.90. The number of hydrogen-bond donors (Lipinski definition) is 0. The Labute approximate surface area is 142 Å². The van der Waals surface area contributed by atoms with Crippen molar-refractivity contribution in [3.05, 3.63) is 40.5 Å². The molecule has 0 aliphatic carbocycles. The molecular weight excluding hydrogens is 400 g/mol. The summed E-state index contributed by atoms with van der Waals surface area (Å²) in [6.07, 6.45) is 0. The van der Waals surface area contributed by atoms with E-state index in [0.717, 1.165) is 11.3 Å². The van der Waals surface area contributed by atoms with Crippen molar-refractivity contribution in [1.29, 1.82) is 0 Å². The first-order chi connectivity index (χ1) is 8.34. The zero-order valence-electron chi connectivity index (χ0n) is 8.13. The highest BCUT2D eigenvalue weighted by Gasteiger charge is 2.22. The highest BCUT2D eigenvalue weighted by molar-refractivity contribution is 7.21. The lowest BCUT2D eigenvalue weighted by molar-refractivity contribution is 1.68. The third-order valence-electron chi connectivity index (χ3n) is 2.10. The van der Waals surface area contributed by atoms with Crippen molar-refractivity contribution in [2.75, 3.05) is 0 Å². The van der Waals surface area contributed by atoms with Crippen LogP contribution in [0.2, 0.25) is 34.5 Å². The minimum atomic E-state index is 0.251. The monoisotopic (exact) mass is 398 g/mol. The molecule has 1 aromatic heterocycles. The van der Waals surface area contributed by atoms with Gasteiger partial charge in [0, 0.05) is 5.56 Å². The van der Waals surface area contributed by atoms with Crippen LogP contribution in [0.3, 0.4) is 0 Å². The molecule has 0 aliphatic rings. The Morgan fingerprint density at radius 3 is 1.56 bits per heavy atom. The molecule has 18 heavy (non-hydrogen) atoms. The van der Waals surface area contributed by atoms with Gasteiger partial charge in [0.1, 0.15) is 4.34 Å². The van der Waals surface area contributed by atoms with Gasteiger partial charge in [-0.25, -0.2) is 0 Å². The lowest BCUT2D eigenvalue weighted by Crippen LogP contribution is -1.82. The van der Waals surface area contributed by atoms with Crippen molar-refractivity contribution in [3.63, 3.8) is 0 Å². The first kappa shape index (κ1) is 15.3. The van der Waals surface area contributed by atoms with Crippen LogP contribution >= 0.6 is 92.5 Å². The number of thiophene rings is 1. The van der Waals surface area contributed by atoms with Crippen LogP contribution in [0.1, 0.15) is 0 Å². The molecule has 0 radical (unpaired) electrons. The van der Waals surface area contributed by atoms with Gasteiger partial charge in [-0.2, -0.15) is 0 Å². The second-order valence-electron chi connectivity index (χ2n) is 3.18. The summed E-state index contributed by atoms with van der Waals surface area (Å²) in [5, 5.41) is 1.58. The van der Waals surface area contributed by atoms with Gasteiger partial charge in [0.15, 0.2) is 0 Å². The topological polar surface area (TPSA) is 0 Å². The zero-order valence-corrected chi connectivity index (χ0v) is 14.2. The van der Waals surface area contributed by atoms with E-state index in [9.17, 15) is 0 Å². The quantitative estimate of drug-likeness (QED) is 0.425. The lowest BCUT2D eigenvalue weighted by Gasteiger charge is -2.09. The Morgan fingerprint density at radius 1 is 0.667 bits per heavy atom. The van der Waals surface area contributed by atoms with Crippen molar-refractivity contribution in [3.8, 4) is 10.4 Å².